The standard InChI is InChI=1S/C55H37N5/c1-4-14-38(15-5-1)40-24-28-43(29-25-40)57(44-30-26-41(27-31-44)39-16-6-2-7-17-39)46-33-35-53-54(37-46)60-52-23-13-11-21-49(52)56-55(60)59(53)45-32-34-51-48(36-45)47-20-10-12-22-50(47)58(51)42-18-8-3-9-19-42/h1-37H. The third-order valence-corrected chi connectivity index (χ3v) is 11.8. The number of imidazole rings is 2. The fourth-order valence-corrected chi connectivity index (χ4v) is 9.05. The zero-order valence-corrected chi connectivity index (χ0v) is 32.6. The highest BCUT2D eigenvalue weighted by Crippen LogP contribution is 2.41. The monoisotopic (exact) mass is 767 g/mol. The number of anilines is 3. The van der Waals surface area contributed by atoms with Crippen molar-refractivity contribution < 1.29 is 0 Å². The molecule has 0 aliphatic heterocycles. The third kappa shape index (κ3) is 5.44. The van der Waals surface area contributed by atoms with E-state index in [4.69, 9.17) is 4.98 Å². The maximum Gasteiger partial charge on any atom is 0.220 e. The Balaban J connectivity index is 1.06. The van der Waals surface area contributed by atoms with Crippen molar-refractivity contribution in [2.45, 2.75) is 0 Å². The highest BCUT2D eigenvalue weighted by atomic mass is 15.2. The number of aromatic nitrogens is 4. The van der Waals surface area contributed by atoms with Gasteiger partial charge in [-0.15, -0.1) is 0 Å². The summed E-state index contributed by atoms with van der Waals surface area (Å²) in [4.78, 5) is 7.66. The van der Waals surface area contributed by atoms with Gasteiger partial charge in [-0.1, -0.05) is 133 Å². The summed E-state index contributed by atoms with van der Waals surface area (Å²) in [6.45, 7) is 0. The lowest BCUT2D eigenvalue weighted by Crippen LogP contribution is -2.10. The van der Waals surface area contributed by atoms with E-state index in [0.717, 1.165) is 56.3 Å². The Labute approximate surface area is 346 Å². The maximum atomic E-state index is 5.30. The van der Waals surface area contributed by atoms with Crippen LogP contribution in [0.5, 0.6) is 0 Å². The van der Waals surface area contributed by atoms with E-state index in [0.29, 0.717) is 0 Å². The molecule has 60 heavy (non-hydrogen) atoms. The number of hydrogen-bond acceptors (Lipinski definition) is 2. The van der Waals surface area contributed by atoms with Crippen LogP contribution in [0.2, 0.25) is 0 Å². The van der Waals surface area contributed by atoms with E-state index in [1.165, 1.54) is 44.1 Å². The van der Waals surface area contributed by atoms with Gasteiger partial charge in [0.1, 0.15) is 0 Å². The number of hydrogen-bond donors (Lipinski definition) is 0. The van der Waals surface area contributed by atoms with Crippen LogP contribution in [-0.2, 0) is 0 Å². The molecular weight excluding hydrogens is 731 g/mol. The Kier molecular flexibility index (Phi) is 7.78. The van der Waals surface area contributed by atoms with Gasteiger partial charge < -0.3 is 9.47 Å². The molecular formula is C55H37N5. The topological polar surface area (TPSA) is 30.4 Å². The second-order valence-electron chi connectivity index (χ2n) is 15.3. The summed E-state index contributed by atoms with van der Waals surface area (Å²) in [5, 5.41) is 2.41. The lowest BCUT2D eigenvalue weighted by atomic mass is 10.0. The zero-order valence-electron chi connectivity index (χ0n) is 32.6. The van der Waals surface area contributed by atoms with E-state index in [2.05, 4.69) is 243 Å². The fourth-order valence-electron chi connectivity index (χ4n) is 9.05. The fraction of sp³-hybridized carbons (Fsp3) is 0. The molecule has 0 N–H and O–H groups in total. The van der Waals surface area contributed by atoms with Gasteiger partial charge >= 0.3 is 0 Å². The van der Waals surface area contributed by atoms with Crippen molar-refractivity contribution in [1.82, 2.24) is 18.5 Å². The maximum absolute atomic E-state index is 5.30. The van der Waals surface area contributed by atoms with Crippen molar-refractivity contribution in [2.75, 3.05) is 4.90 Å². The van der Waals surface area contributed by atoms with Crippen molar-refractivity contribution in [2.24, 2.45) is 0 Å². The number of rotatable bonds is 7. The van der Waals surface area contributed by atoms with E-state index in [1.54, 1.807) is 0 Å². The third-order valence-electron chi connectivity index (χ3n) is 11.8. The molecule has 5 heteroatoms. The number of nitrogens with zero attached hydrogens (tertiary/aromatic N) is 5. The molecule has 9 aromatic carbocycles. The van der Waals surface area contributed by atoms with Crippen molar-refractivity contribution in [3.8, 4) is 33.6 Å². The van der Waals surface area contributed by atoms with Crippen molar-refractivity contribution in [3.05, 3.63) is 224 Å². The van der Waals surface area contributed by atoms with Crippen LogP contribution in [-0.4, -0.2) is 18.5 Å². The number of para-hydroxylation sites is 4. The summed E-state index contributed by atoms with van der Waals surface area (Å²) < 4.78 is 7.00. The van der Waals surface area contributed by atoms with Crippen LogP contribution in [0.4, 0.5) is 17.1 Å². The summed E-state index contributed by atoms with van der Waals surface area (Å²) >= 11 is 0. The van der Waals surface area contributed by atoms with Crippen LogP contribution >= 0.6 is 0 Å². The molecule has 0 amide bonds. The first kappa shape index (κ1) is 33.9. The Morgan fingerprint density at radius 2 is 0.833 bits per heavy atom. The van der Waals surface area contributed by atoms with E-state index >= 15 is 0 Å². The first-order valence-corrected chi connectivity index (χ1v) is 20.4. The van der Waals surface area contributed by atoms with E-state index in [1.807, 2.05) is 0 Å². The highest BCUT2D eigenvalue weighted by Gasteiger charge is 2.22. The molecule has 12 aromatic rings. The Hall–Kier alpha value is -8.15. The summed E-state index contributed by atoms with van der Waals surface area (Å²) in [6, 6.07) is 80.3. The Morgan fingerprint density at radius 3 is 1.50 bits per heavy atom. The molecule has 0 unspecified atom stereocenters. The van der Waals surface area contributed by atoms with Gasteiger partial charge in [0.05, 0.1) is 33.1 Å². The molecule has 0 fully saturated rings. The minimum Gasteiger partial charge on any atom is -0.310 e. The van der Waals surface area contributed by atoms with Crippen LogP contribution < -0.4 is 4.90 Å². The lowest BCUT2D eigenvalue weighted by molar-refractivity contribution is 1.11. The van der Waals surface area contributed by atoms with Gasteiger partial charge in [0.2, 0.25) is 5.78 Å². The molecule has 0 saturated carbocycles. The van der Waals surface area contributed by atoms with Gasteiger partial charge in [-0.05, 0) is 113 Å². The first-order valence-electron chi connectivity index (χ1n) is 20.4. The van der Waals surface area contributed by atoms with Gasteiger partial charge in [0.15, 0.2) is 0 Å². The molecule has 0 radical (unpaired) electrons. The van der Waals surface area contributed by atoms with Gasteiger partial charge in [-0.3, -0.25) is 8.97 Å². The van der Waals surface area contributed by atoms with E-state index in [-0.39, 0.29) is 0 Å². The predicted octanol–water partition coefficient (Wildman–Crippen LogP) is 14.3. The largest absolute Gasteiger partial charge is 0.310 e. The molecule has 3 heterocycles. The van der Waals surface area contributed by atoms with Crippen molar-refractivity contribution in [3.63, 3.8) is 0 Å². The smallest absolute Gasteiger partial charge is 0.220 e. The second-order valence-corrected chi connectivity index (χ2v) is 15.3. The van der Waals surface area contributed by atoms with E-state index in [9.17, 15) is 0 Å². The average molecular weight is 768 g/mol. The number of fused-ring (bicyclic) bond motifs is 8. The summed E-state index contributed by atoms with van der Waals surface area (Å²) in [7, 11) is 0. The molecule has 5 nitrogen and oxygen atoms in total. The van der Waals surface area contributed by atoms with Gasteiger partial charge in [-0.25, -0.2) is 4.98 Å². The van der Waals surface area contributed by atoms with Crippen molar-refractivity contribution in [1.29, 1.82) is 0 Å². The van der Waals surface area contributed by atoms with Crippen molar-refractivity contribution >= 4 is 66.7 Å². The van der Waals surface area contributed by atoms with Crippen LogP contribution in [0.1, 0.15) is 0 Å². The summed E-state index contributed by atoms with van der Waals surface area (Å²) in [5.41, 5.74) is 16.7. The second kappa shape index (κ2) is 13.8. The highest BCUT2D eigenvalue weighted by molar-refractivity contribution is 6.10. The van der Waals surface area contributed by atoms with Gasteiger partial charge in [0, 0.05) is 39.2 Å². The summed E-state index contributed by atoms with van der Waals surface area (Å²) in [5.74, 6) is 0.875. The molecule has 0 bridgehead atoms. The molecule has 0 aliphatic rings. The minimum absolute atomic E-state index is 0.875. The van der Waals surface area contributed by atoms with E-state index < -0.39 is 0 Å². The molecule has 0 aliphatic carbocycles. The lowest BCUT2D eigenvalue weighted by Gasteiger charge is -2.26. The Morgan fingerprint density at radius 1 is 0.317 bits per heavy atom. The summed E-state index contributed by atoms with van der Waals surface area (Å²) in [6.07, 6.45) is 0. The molecule has 0 spiro atoms. The molecule has 282 valence electrons. The normalized spacial score (nSPS) is 11.7. The van der Waals surface area contributed by atoms with Crippen LogP contribution in [0, 0.1) is 0 Å². The first-order chi connectivity index (χ1) is 29.8. The van der Waals surface area contributed by atoms with Crippen LogP contribution in [0.25, 0.3) is 83.3 Å². The molecule has 3 aromatic heterocycles. The van der Waals surface area contributed by atoms with Gasteiger partial charge in [-0.2, -0.15) is 0 Å². The molecule has 12 rings (SSSR count). The van der Waals surface area contributed by atoms with Crippen LogP contribution in [0.3, 0.4) is 0 Å². The molecule has 0 saturated heterocycles. The minimum atomic E-state index is 0.875. The molecule has 0 atom stereocenters. The quantitative estimate of drug-likeness (QED) is 0.162. The Bertz CT molecular complexity index is 3420. The number of benzene rings is 9. The predicted molar refractivity (Wildman–Crippen MR) is 249 cm³/mol. The average Bonchev–Trinajstić information content (AvgIpc) is 3.97. The zero-order chi connectivity index (χ0) is 39.6. The SMILES string of the molecule is c1ccc(-c2ccc(N(c3ccc(-c4ccccc4)cc3)c3ccc4c(c3)n3c5ccccc5nc3n4-c3ccc4c(c3)c3ccccc3n4-c3ccccc3)cc2)cc1. The van der Waals surface area contributed by atoms with Gasteiger partial charge in [0.25, 0.3) is 0 Å². The van der Waals surface area contributed by atoms with Crippen LogP contribution in [0.15, 0.2) is 224 Å².